The van der Waals surface area contributed by atoms with Crippen LogP contribution < -0.4 is 9.64 Å². The largest absolute Gasteiger partial charge is 0.495 e. The van der Waals surface area contributed by atoms with Crippen LogP contribution in [0.25, 0.3) is 10.2 Å². The second kappa shape index (κ2) is 7.75. The molecular weight excluding hydrogens is 430 g/mol. The molecule has 0 unspecified atom stereocenters. The molecule has 9 heteroatoms. The summed E-state index contributed by atoms with van der Waals surface area (Å²) in [7, 11) is -2.13. The van der Waals surface area contributed by atoms with E-state index in [2.05, 4.69) is 9.88 Å². The van der Waals surface area contributed by atoms with E-state index in [1.807, 2.05) is 32.0 Å². The molecule has 0 radical (unpaired) electrons. The Morgan fingerprint density at radius 3 is 2.45 bits per heavy atom. The maximum Gasteiger partial charge on any atom is 0.246 e. The highest BCUT2D eigenvalue weighted by molar-refractivity contribution is 7.89. The number of hydrogen-bond acceptors (Lipinski definition) is 6. The van der Waals surface area contributed by atoms with Crippen molar-refractivity contribution < 1.29 is 13.2 Å². The maximum absolute atomic E-state index is 13.3. The summed E-state index contributed by atoms with van der Waals surface area (Å²) in [6, 6.07) is 9.13. The molecule has 0 amide bonds. The molecule has 1 aliphatic rings. The van der Waals surface area contributed by atoms with Crippen LogP contribution in [0.5, 0.6) is 5.75 Å². The van der Waals surface area contributed by atoms with Gasteiger partial charge in [0.05, 0.1) is 17.3 Å². The Balaban J connectivity index is 1.55. The fraction of sp³-hybridized carbons (Fsp3) is 0.350. The predicted octanol–water partition coefficient (Wildman–Crippen LogP) is 4.09. The molecule has 4 rings (SSSR count). The molecule has 2 heterocycles. The van der Waals surface area contributed by atoms with E-state index in [1.54, 1.807) is 23.5 Å². The SMILES string of the molecule is COc1cc(C)c(C)cc1S(=O)(=O)N1CCN(c2nc3ccc(Cl)cc3s2)CC1. The molecule has 1 saturated heterocycles. The summed E-state index contributed by atoms with van der Waals surface area (Å²) in [6.07, 6.45) is 0. The van der Waals surface area contributed by atoms with Crippen LogP contribution in [0.3, 0.4) is 0 Å². The number of halogens is 1. The Kier molecular flexibility index (Phi) is 5.46. The van der Waals surface area contributed by atoms with Crippen LogP contribution in [-0.4, -0.2) is 51.0 Å². The van der Waals surface area contributed by atoms with Crippen molar-refractivity contribution in [2.45, 2.75) is 18.7 Å². The molecule has 1 aromatic heterocycles. The molecular formula is C20H22ClN3O3S2. The lowest BCUT2D eigenvalue weighted by Gasteiger charge is -2.34. The quantitative estimate of drug-likeness (QED) is 0.598. The van der Waals surface area contributed by atoms with E-state index in [0.717, 1.165) is 26.5 Å². The number of thiazole rings is 1. The summed E-state index contributed by atoms with van der Waals surface area (Å²) >= 11 is 7.64. The number of rotatable bonds is 4. The molecule has 1 fully saturated rings. The first kappa shape index (κ1) is 20.4. The Morgan fingerprint density at radius 1 is 1.07 bits per heavy atom. The monoisotopic (exact) mass is 451 g/mol. The lowest BCUT2D eigenvalue weighted by atomic mass is 10.1. The van der Waals surface area contributed by atoms with Crippen molar-refractivity contribution in [3.63, 3.8) is 0 Å². The Bertz CT molecular complexity index is 1170. The van der Waals surface area contributed by atoms with Gasteiger partial charge in [0.2, 0.25) is 10.0 Å². The zero-order valence-corrected chi connectivity index (χ0v) is 18.9. The highest BCUT2D eigenvalue weighted by atomic mass is 35.5. The summed E-state index contributed by atoms with van der Waals surface area (Å²) in [5, 5.41) is 1.58. The average Bonchev–Trinajstić information content (AvgIpc) is 3.13. The number of methoxy groups -OCH3 is 1. The number of fused-ring (bicyclic) bond motifs is 1. The minimum atomic E-state index is -3.63. The molecule has 0 bridgehead atoms. The van der Waals surface area contributed by atoms with Gasteiger partial charge in [0.1, 0.15) is 10.6 Å². The minimum absolute atomic E-state index is 0.228. The molecule has 0 aliphatic carbocycles. The maximum atomic E-state index is 13.3. The van der Waals surface area contributed by atoms with Gasteiger partial charge < -0.3 is 9.64 Å². The lowest BCUT2D eigenvalue weighted by Crippen LogP contribution is -2.48. The number of sulfonamides is 1. The van der Waals surface area contributed by atoms with Gasteiger partial charge in [0.25, 0.3) is 0 Å². The molecule has 1 aliphatic heterocycles. The third-order valence-electron chi connectivity index (χ3n) is 5.25. The molecule has 3 aromatic rings. The first-order chi connectivity index (χ1) is 13.8. The number of aromatic nitrogens is 1. The van der Waals surface area contributed by atoms with Crippen molar-refractivity contribution in [2.75, 3.05) is 38.2 Å². The summed E-state index contributed by atoms with van der Waals surface area (Å²) in [4.78, 5) is 7.02. The second-order valence-electron chi connectivity index (χ2n) is 7.09. The number of anilines is 1. The number of nitrogens with zero attached hydrogens (tertiary/aromatic N) is 3. The van der Waals surface area contributed by atoms with E-state index >= 15 is 0 Å². The first-order valence-corrected chi connectivity index (χ1v) is 11.9. The van der Waals surface area contributed by atoms with Crippen molar-refractivity contribution in [3.8, 4) is 5.75 Å². The van der Waals surface area contributed by atoms with Crippen LogP contribution in [0, 0.1) is 13.8 Å². The standard InChI is InChI=1S/C20H22ClN3O3S2/c1-13-10-17(27-3)19(11-14(13)2)29(25,26)24-8-6-23(7-9-24)20-22-16-5-4-15(21)12-18(16)28-20/h4-5,10-12H,6-9H2,1-3H3. The molecule has 6 nitrogen and oxygen atoms in total. The van der Waals surface area contributed by atoms with Gasteiger partial charge in [-0.2, -0.15) is 4.31 Å². The number of hydrogen-bond donors (Lipinski definition) is 0. The van der Waals surface area contributed by atoms with Crippen LogP contribution in [0.4, 0.5) is 5.13 Å². The van der Waals surface area contributed by atoms with Crippen molar-refractivity contribution >= 4 is 48.3 Å². The van der Waals surface area contributed by atoms with Crippen LogP contribution in [0.2, 0.25) is 5.02 Å². The highest BCUT2D eigenvalue weighted by Crippen LogP contribution is 2.33. The van der Waals surface area contributed by atoms with Crippen molar-refractivity contribution in [3.05, 3.63) is 46.5 Å². The molecule has 0 N–H and O–H groups in total. The summed E-state index contributed by atoms with van der Waals surface area (Å²) in [5.74, 6) is 0.388. The lowest BCUT2D eigenvalue weighted by molar-refractivity contribution is 0.374. The highest BCUT2D eigenvalue weighted by Gasteiger charge is 2.32. The number of aryl methyl sites for hydroxylation is 2. The summed E-state index contributed by atoms with van der Waals surface area (Å²) in [6.45, 7) is 5.81. The van der Waals surface area contributed by atoms with E-state index in [9.17, 15) is 8.42 Å². The van der Waals surface area contributed by atoms with E-state index in [0.29, 0.717) is 37.0 Å². The molecule has 0 spiro atoms. The normalized spacial score (nSPS) is 15.8. The van der Waals surface area contributed by atoms with E-state index in [-0.39, 0.29) is 4.90 Å². The van der Waals surface area contributed by atoms with Gasteiger partial charge in [-0.15, -0.1) is 0 Å². The van der Waals surface area contributed by atoms with Crippen molar-refractivity contribution in [1.82, 2.24) is 9.29 Å². The average molecular weight is 452 g/mol. The van der Waals surface area contributed by atoms with Crippen LogP contribution >= 0.6 is 22.9 Å². The smallest absolute Gasteiger partial charge is 0.246 e. The van der Waals surface area contributed by atoms with Gasteiger partial charge in [-0.05, 0) is 55.3 Å². The zero-order valence-electron chi connectivity index (χ0n) is 16.5. The van der Waals surface area contributed by atoms with Crippen LogP contribution in [0.1, 0.15) is 11.1 Å². The van der Waals surface area contributed by atoms with E-state index < -0.39 is 10.0 Å². The number of piperazine rings is 1. The summed E-state index contributed by atoms with van der Waals surface area (Å²) < 4.78 is 34.4. The molecule has 0 saturated carbocycles. The molecule has 29 heavy (non-hydrogen) atoms. The summed E-state index contributed by atoms with van der Waals surface area (Å²) in [5.41, 5.74) is 2.84. The van der Waals surface area contributed by atoms with Crippen LogP contribution in [0.15, 0.2) is 35.2 Å². The topological polar surface area (TPSA) is 62.7 Å². The second-order valence-corrected chi connectivity index (χ2v) is 10.4. The number of benzene rings is 2. The zero-order chi connectivity index (χ0) is 20.8. The third kappa shape index (κ3) is 3.82. The van der Waals surface area contributed by atoms with Crippen molar-refractivity contribution in [2.24, 2.45) is 0 Å². The first-order valence-electron chi connectivity index (χ1n) is 9.26. The molecule has 154 valence electrons. The molecule has 0 atom stereocenters. The Hall–Kier alpha value is -1.87. The Morgan fingerprint density at radius 2 is 1.76 bits per heavy atom. The van der Waals surface area contributed by atoms with Gasteiger partial charge in [0.15, 0.2) is 5.13 Å². The van der Waals surface area contributed by atoms with E-state index in [4.69, 9.17) is 16.3 Å². The van der Waals surface area contributed by atoms with Gasteiger partial charge in [0, 0.05) is 31.2 Å². The van der Waals surface area contributed by atoms with Gasteiger partial charge in [-0.25, -0.2) is 13.4 Å². The van der Waals surface area contributed by atoms with Crippen LogP contribution in [-0.2, 0) is 10.0 Å². The Labute approximate surface area is 179 Å². The van der Waals surface area contributed by atoms with Crippen molar-refractivity contribution in [1.29, 1.82) is 0 Å². The third-order valence-corrected chi connectivity index (χ3v) is 8.48. The molecule has 2 aromatic carbocycles. The van der Waals surface area contributed by atoms with Gasteiger partial charge in [-0.1, -0.05) is 22.9 Å². The number of ether oxygens (including phenoxy) is 1. The predicted molar refractivity (Wildman–Crippen MR) is 118 cm³/mol. The fourth-order valence-electron chi connectivity index (χ4n) is 3.40. The van der Waals surface area contributed by atoms with E-state index in [1.165, 1.54) is 11.4 Å². The minimum Gasteiger partial charge on any atom is -0.495 e. The fourth-order valence-corrected chi connectivity index (χ4v) is 6.34. The van der Waals surface area contributed by atoms with Gasteiger partial charge in [-0.3, -0.25) is 0 Å². The van der Waals surface area contributed by atoms with Gasteiger partial charge >= 0.3 is 0 Å².